The molecule has 0 saturated carbocycles. The molecule has 0 atom stereocenters. The topological polar surface area (TPSA) is 52.8 Å². The highest BCUT2D eigenvalue weighted by Crippen LogP contribution is 2.46. The highest BCUT2D eigenvalue weighted by atomic mass is 79.9. The van der Waals surface area contributed by atoms with Crippen LogP contribution in [-0.4, -0.2) is 23.1 Å². The Kier molecular flexibility index (Phi) is 5.44. The van der Waals surface area contributed by atoms with E-state index in [1.165, 1.54) is 36.0 Å². The third kappa shape index (κ3) is 3.70. The zero-order valence-corrected chi connectivity index (χ0v) is 22.1. The Morgan fingerprint density at radius 3 is 2.43 bits per heavy atom. The van der Waals surface area contributed by atoms with Gasteiger partial charge < -0.3 is 4.90 Å². The maximum Gasteiger partial charge on any atom is 0.102 e. The van der Waals surface area contributed by atoms with E-state index >= 15 is 0 Å². The van der Waals surface area contributed by atoms with Crippen molar-refractivity contribution in [3.05, 3.63) is 88.2 Å². The molecule has 4 nitrogen and oxygen atoms in total. The number of anilines is 1. The van der Waals surface area contributed by atoms with Gasteiger partial charge in [-0.3, -0.25) is 4.98 Å². The van der Waals surface area contributed by atoms with Gasteiger partial charge in [0.05, 0.1) is 22.3 Å². The Labute approximate surface area is 224 Å². The van der Waals surface area contributed by atoms with E-state index in [2.05, 4.69) is 86.5 Å². The standard InChI is InChI=1S/C32H25BrN4/c33-23-10-8-20(9-11-23)25-18-26-24(32(28(25)19-34)37-15-2-1-3-16-37)12-13-29-27(26)17-22-7-6-21-5-4-14-35-30(21)31(22)36-29/h4-11,14,17-18H,1-3,12-13,15-16H2. The zero-order chi connectivity index (χ0) is 24.9. The number of pyridine rings is 2. The molecule has 7 rings (SSSR count). The van der Waals surface area contributed by atoms with Crippen molar-refractivity contribution < 1.29 is 0 Å². The summed E-state index contributed by atoms with van der Waals surface area (Å²) >= 11 is 3.57. The Balaban J connectivity index is 1.51. The number of hydrogen-bond donors (Lipinski definition) is 0. The maximum absolute atomic E-state index is 10.5. The molecule has 1 saturated heterocycles. The van der Waals surface area contributed by atoms with Gasteiger partial charge in [0.15, 0.2) is 0 Å². The molecule has 0 unspecified atom stereocenters. The van der Waals surface area contributed by atoms with Crippen LogP contribution >= 0.6 is 15.9 Å². The van der Waals surface area contributed by atoms with E-state index in [1.54, 1.807) is 0 Å². The van der Waals surface area contributed by atoms with Crippen molar-refractivity contribution in [2.24, 2.45) is 0 Å². The lowest BCUT2D eigenvalue weighted by Crippen LogP contribution is -2.31. The molecule has 1 aliphatic heterocycles. The van der Waals surface area contributed by atoms with Crippen molar-refractivity contribution in [2.75, 3.05) is 18.0 Å². The summed E-state index contributed by atoms with van der Waals surface area (Å²) in [6, 6.07) is 23.8. The fourth-order valence-corrected chi connectivity index (χ4v) is 6.38. The molecule has 37 heavy (non-hydrogen) atoms. The summed E-state index contributed by atoms with van der Waals surface area (Å²) in [4.78, 5) is 12.3. The van der Waals surface area contributed by atoms with Crippen LogP contribution in [-0.2, 0) is 12.8 Å². The monoisotopic (exact) mass is 544 g/mol. The summed E-state index contributed by atoms with van der Waals surface area (Å²) in [5.41, 5.74) is 10.8. The number of benzene rings is 3. The van der Waals surface area contributed by atoms with Gasteiger partial charge in [-0.1, -0.05) is 46.3 Å². The van der Waals surface area contributed by atoms with E-state index in [9.17, 15) is 5.26 Å². The molecule has 0 N–H and O–H groups in total. The first-order valence-corrected chi connectivity index (χ1v) is 13.8. The van der Waals surface area contributed by atoms with Crippen LogP contribution in [0.5, 0.6) is 0 Å². The van der Waals surface area contributed by atoms with Crippen LogP contribution in [0.4, 0.5) is 5.69 Å². The average molecular weight is 545 g/mol. The first kappa shape index (κ1) is 22.4. The van der Waals surface area contributed by atoms with Crippen LogP contribution < -0.4 is 4.90 Å². The predicted octanol–water partition coefficient (Wildman–Crippen LogP) is 7.84. The van der Waals surface area contributed by atoms with E-state index in [0.29, 0.717) is 0 Å². The molecule has 0 radical (unpaired) electrons. The van der Waals surface area contributed by atoms with Gasteiger partial charge in [0.1, 0.15) is 6.07 Å². The van der Waals surface area contributed by atoms with Crippen molar-refractivity contribution in [3.63, 3.8) is 0 Å². The summed E-state index contributed by atoms with van der Waals surface area (Å²) < 4.78 is 1.03. The second-order valence-corrected chi connectivity index (χ2v) is 11.0. The molecule has 2 aliphatic rings. The number of fused-ring (bicyclic) bond motifs is 6. The third-order valence-corrected chi connectivity index (χ3v) is 8.41. The number of nitriles is 1. The molecule has 2 aromatic heterocycles. The van der Waals surface area contributed by atoms with Crippen LogP contribution in [0, 0.1) is 11.3 Å². The first-order chi connectivity index (χ1) is 18.2. The van der Waals surface area contributed by atoms with Gasteiger partial charge >= 0.3 is 0 Å². The summed E-state index contributed by atoms with van der Waals surface area (Å²) in [5.74, 6) is 0. The summed E-state index contributed by atoms with van der Waals surface area (Å²) in [7, 11) is 0. The Morgan fingerprint density at radius 1 is 0.811 bits per heavy atom. The molecule has 0 bridgehead atoms. The SMILES string of the molecule is N#Cc1c(-c2ccc(Br)cc2)cc2c(c1N1CCCCC1)CCc1nc3c(ccc4cccnc43)cc1-2. The molecule has 3 aromatic carbocycles. The van der Waals surface area contributed by atoms with Crippen LogP contribution in [0.2, 0.25) is 0 Å². The van der Waals surface area contributed by atoms with Gasteiger partial charge in [-0.25, -0.2) is 4.98 Å². The van der Waals surface area contributed by atoms with Gasteiger partial charge in [-0.05, 0) is 79.1 Å². The smallest absolute Gasteiger partial charge is 0.102 e. The highest BCUT2D eigenvalue weighted by molar-refractivity contribution is 9.10. The lowest BCUT2D eigenvalue weighted by atomic mass is 9.81. The lowest BCUT2D eigenvalue weighted by molar-refractivity contribution is 0.576. The van der Waals surface area contributed by atoms with E-state index in [-0.39, 0.29) is 0 Å². The second-order valence-electron chi connectivity index (χ2n) is 10.0. The second kappa shape index (κ2) is 8.97. The molecule has 0 amide bonds. The minimum absolute atomic E-state index is 0.801. The number of aromatic nitrogens is 2. The van der Waals surface area contributed by atoms with Crippen LogP contribution in [0.3, 0.4) is 0 Å². The van der Waals surface area contributed by atoms with E-state index in [1.807, 2.05) is 12.3 Å². The van der Waals surface area contributed by atoms with E-state index in [0.717, 1.165) is 80.3 Å². The van der Waals surface area contributed by atoms with Crippen molar-refractivity contribution in [1.82, 2.24) is 9.97 Å². The van der Waals surface area contributed by atoms with Gasteiger partial charge in [0.25, 0.3) is 0 Å². The molecule has 1 aliphatic carbocycles. The van der Waals surface area contributed by atoms with Gasteiger partial charge in [-0.2, -0.15) is 5.26 Å². The highest BCUT2D eigenvalue weighted by Gasteiger charge is 2.29. The van der Waals surface area contributed by atoms with E-state index < -0.39 is 0 Å². The molecule has 180 valence electrons. The Hall–Kier alpha value is -3.75. The lowest BCUT2D eigenvalue weighted by Gasteiger charge is -2.34. The molecule has 5 aromatic rings. The average Bonchev–Trinajstić information content (AvgIpc) is 2.96. The van der Waals surface area contributed by atoms with Gasteiger partial charge in [-0.15, -0.1) is 0 Å². The fraction of sp³-hybridized carbons (Fsp3) is 0.219. The minimum atomic E-state index is 0.801. The summed E-state index contributed by atoms with van der Waals surface area (Å²) in [6.45, 7) is 2.01. The largest absolute Gasteiger partial charge is 0.370 e. The molecule has 1 fully saturated rings. The van der Waals surface area contributed by atoms with Crippen LogP contribution in [0.1, 0.15) is 36.1 Å². The van der Waals surface area contributed by atoms with Gasteiger partial charge in [0.2, 0.25) is 0 Å². The summed E-state index contributed by atoms with van der Waals surface area (Å²) in [6.07, 6.45) is 7.20. The first-order valence-electron chi connectivity index (χ1n) is 13.0. The number of aryl methyl sites for hydroxylation is 1. The van der Waals surface area contributed by atoms with Crippen molar-refractivity contribution >= 4 is 43.4 Å². The fourth-order valence-electron chi connectivity index (χ4n) is 6.12. The Morgan fingerprint density at radius 2 is 1.62 bits per heavy atom. The normalized spacial score (nSPS) is 14.9. The maximum atomic E-state index is 10.5. The number of hydrogen-bond acceptors (Lipinski definition) is 4. The third-order valence-electron chi connectivity index (χ3n) is 7.88. The molecule has 0 spiro atoms. The van der Waals surface area contributed by atoms with Crippen molar-refractivity contribution in [3.8, 4) is 28.3 Å². The van der Waals surface area contributed by atoms with E-state index in [4.69, 9.17) is 4.98 Å². The number of rotatable bonds is 2. The minimum Gasteiger partial charge on any atom is -0.370 e. The molecular weight excluding hydrogens is 520 g/mol. The zero-order valence-electron chi connectivity index (χ0n) is 20.5. The number of halogens is 1. The number of nitrogens with zero attached hydrogens (tertiary/aromatic N) is 4. The summed E-state index contributed by atoms with van der Waals surface area (Å²) in [5, 5.41) is 12.7. The molecule has 5 heteroatoms. The predicted molar refractivity (Wildman–Crippen MR) is 154 cm³/mol. The van der Waals surface area contributed by atoms with Crippen LogP contribution in [0.25, 0.3) is 44.1 Å². The number of piperidine rings is 1. The van der Waals surface area contributed by atoms with Crippen molar-refractivity contribution in [1.29, 1.82) is 5.26 Å². The van der Waals surface area contributed by atoms with Crippen molar-refractivity contribution in [2.45, 2.75) is 32.1 Å². The van der Waals surface area contributed by atoms with Crippen LogP contribution in [0.15, 0.2) is 71.3 Å². The quantitative estimate of drug-likeness (QED) is 0.212. The molecule has 3 heterocycles. The Bertz CT molecular complexity index is 1730. The molecular formula is C32H25BrN4. The van der Waals surface area contributed by atoms with Gasteiger partial charge in [0, 0.05) is 51.4 Å².